The Kier molecular flexibility index (Phi) is 5.78. The maximum atomic E-state index is 15.5. The Hall–Kier alpha value is -3.75. The molecular formula is C26H28FN3O5. The number of halogens is 1. The third-order valence-electron chi connectivity index (χ3n) is 7.24. The van der Waals surface area contributed by atoms with Gasteiger partial charge in [0.05, 0.1) is 29.2 Å². The highest BCUT2D eigenvalue weighted by atomic mass is 19.1. The molecule has 9 heteroatoms. The fourth-order valence-electron chi connectivity index (χ4n) is 5.37. The number of aryl methyl sites for hydroxylation is 1. The van der Waals surface area contributed by atoms with Crippen LogP contribution in [0.5, 0.6) is 11.5 Å². The Morgan fingerprint density at radius 3 is 2.66 bits per heavy atom. The van der Waals surface area contributed by atoms with Crippen LogP contribution in [0.1, 0.15) is 48.0 Å². The molecule has 3 aromatic rings. The van der Waals surface area contributed by atoms with Gasteiger partial charge in [-0.25, -0.2) is 9.18 Å². The number of aromatic carboxylic acids is 1. The third-order valence-corrected chi connectivity index (χ3v) is 7.24. The zero-order valence-corrected chi connectivity index (χ0v) is 19.5. The SMILES string of the molecule is COc1ccc(CCCNc2c(F)c(N)c3c(=O)c(C(=O)O)cn4c3c2OCC42CCCC2)cc1. The van der Waals surface area contributed by atoms with Crippen molar-refractivity contribution in [2.24, 2.45) is 0 Å². The van der Waals surface area contributed by atoms with Gasteiger partial charge in [0, 0.05) is 12.7 Å². The molecule has 1 aliphatic carbocycles. The number of anilines is 2. The Bertz CT molecular complexity index is 1360. The molecule has 4 N–H and O–H groups in total. The van der Waals surface area contributed by atoms with E-state index in [1.165, 1.54) is 6.20 Å². The lowest BCUT2D eigenvalue weighted by Crippen LogP contribution is -2.42. The summed E-state index contributed by atoms with van der Waals surface area (Å²) in [6.45, 7) is 0.730. The molecule has 35 heavy (non-hydrogen) atoms. The summed E-state index contributed by atoms with van der Waals surface area (Å²) in [5.41, 5.74) is 5.68. The number of methoxy groups -OCH3 is 1. The van der Waals surface area contributed by atoms with Gasteiger partial charge in [0.25, 0.3) is 0 Å². The summed E-state index contributed by atoms with van der Waals surface area (Å²) >= 11 is 0. The van der Waals surface area contributed by atoms with Gasteiger partial charge < -0.3 is 30.2 Å². The summed E-state index contributed by atoms with van der Waals surface area (Å²) in [6.07, 6.45) is 6.36. The molecule has 0 unspecified atom stereocenters. The molecule has 2 aliphatic rings. The highest BCUT2D eigenvalue weighted by Gasteiger charge is 2.43. The van der Waals surface area contributed by atoms with E-state index in [0.717, 1.165) is 49.8 Å². The van der Waals surface area contributed by atoms with Crippen molar-refractivity contribution >= 4 is 28.2 Å². The number of nitrogens with one attached hydrogen (secondary N) is 1. The van der Waals surface area contributed by atoms with E-state index < -0.39 is 28.3 Å². The van der Waals surface area contributed by atoms with Crippen LogP contribution in [0.25, 0.3) is 10.9 Å². The number of benzene rings is 2. The fourth-order valence-corrected chi connectivity index (χ4v) is 5.37. The van der Waals surface area contributed by atoms with Gasteiger partial charge in [0.2, 0.25) is 5.43 Å². The summed E-state index contributed by atoms with van der Waals surface area (Å²) in [6, 6.07) is 7.77. The fraction of sp³-hybridized carbons (Fsp3) is 0.385. The van der Waals surface area contributed by atoms with E-state index in [0.29, 0.717) is 12.1 Å². The normalized spacial score (nSPS) is 15.8. The molecule has 0 saturated heterocycles. The second kappa shape index (κ2) is 8.79. The maximum Gasteiger partial charge on any atom is 0.341 e. The maximum absolute atomic E-state index is 15.5. The Balaban J connectivity index is 1.53. The largest absolute Gasteiger partial charge is 0.497 e. The molecule has 1 spiro atoms. The number of hydrogen-bond acceptors (Lipinski definition) is 6. The molecule has 2 heterocycles. The third kappa shape index (κ3) is 3.75. The standard InChI is InChI=1S/C26H28FN3O5/c1-34-16-8-6-15(7-9-16)5-4-12-29-21-19(27)20(28)18-22-24(21)35-14-26(10-2-3-11-26)30(22)13-17(23(18)31)25(32)33/h6-9,13,29H,2-5,10-12,14,28H2,1H3,(H,32,33). The Labute approximate surface area is 201 Å². The lowest BCUT2D eigenvalue weighted by Gasteiger charge is -2.39. The van der Waals surface area contributed by atoms with E-state index in [9.17, 15) is 14.7 Å². The number of fused-ring (bicyclic) bond motifs is 1. The molecule has 1 saturated carbocycles. The van der Waals surface area contributed by atoms with Gasteiger partial charge in [0.1, 0.15) is 23.6 Å². The number of nitrogens with zero attached hydrogens (tertiary/aromatic N) is 1. The number of nitrogen functional groups attached to an aromatic ring is 1. The van der Waals surface area contributed by atoms with E-state index in [2.05, 4.69) is 5.32 Å². The Morgan fingerprint density at radius 2 is 2.00 bits per heavy atom. The van der Waals surface area contributed by atoms with Crippen molar-refractivity contribution in [3.8, 4) is 11.5 Å². The van der Waals surface area contributed by atoms with Crippen LogP contribution in [0.3, 0.4) is 0 Å². The number of hydrogen-bond donors (Lipinski definition) is 3. The number of aromatic nitrogens is 1. The van der Waals surface area contributed by atoms with Crippen molar-refractivity contribution in [2.45, 2.75) is 44.1 Å². The molecule has 1 aromatic heterocycles. The number of pyridine rings is 1. The van der Waals surface area contributed by atoms with Crippen molar-refractivity contribution in [1.29, 1.82) is 0 Å². The van der Waals surface area contributed by atoms with Gasteiger partial charge in [-0.1, -0.05) is 25.0 Å². The molecule has 184 valence electrons. The first-order valence-corrected chi connectivity index (χ1v) is 11.8. The molecule has 1 fully saturated rings. The van der Waals surface area contributed by atoms with Gasteiger partial charge in [-0.15, -0.1) is 0 Å². The van der Waals surface area contributed by atoms with Gasteiger partial charge >= 0.3 is 5.97 Å². The van der Waals surface area contributed by atoms with Crippen LogP contribution in [0.4, 0.5) is 15.8 Å². The number of ether oxygens (including phenoxy) is 2. The van der Waals surface area contributed by atoms with Crippen LogP contribution in [0.15, 0.2) is 35.3 Å². The summed E-state index contributed by atoms with van der Waals surface area (Å²) in [5.74, 6) is -1.16. The molecule has 8 nitrogen and oxygen atoms in total. The van der Waals surface area contributed by atoms with Crippen LogP contribution in [-0.2, 0) is 12.0 Å². The number of carbonyl (C=O) groups is 1. The zero-order valence-electron chi connectivity index (χ0n) is 19.5. The van der Waals surface area contributed by atoms with Crippen molar-refractivity contribution < 1.29 is 23.8 Å². The predicted octanol–water partition coefficient (Wildman–Crippen LogP) is 4.14. The topological polar surface area (TPSA) is 116 Å². The molecule has 1 aliphatic heterocycles. The second-order valence-electron chi connectivity index (χ2n) is 9.30. The summed E-state index contributed by atoms with van der Waals surface area (Å²) in [5, 5.41) is 12.6. The van der Waals surface area contributed by atoms with E-state index >= 15 is 4.39 Å². The average Bonchev–Trinajstić information content (AvgIpc) is 3.33. The van der Waals surface area contributed by atoms with E-state index in [4.69, 9.17) is 15.2 Å². The average molecular weight is 482 g/mol. The van der Waals surface area contributed by atoms with Crippen molar-refractivity contribution in [1.82, 2.24) is 4.57 Å². The molecule has 0 amide bonds. The highest BCUT2D eigenvalue weighted by molar-refractivity contribution is 6.03. The Morgan fingerprint density at radius 1 is 1.29 bits per heavy atom. The highest BCUT2D eigenvalue weighted by Crippen LogP contribution is 2.48. The molecule has 0 atom stereocenters. The minimum atomic E-state index is -1.36. The predicted molar refractivity (Wildman–Crippen MR) is 131 cm³/mol. The lowest BCUT2D eigenvalue weighted by molar-refractivity contribution is 0.0692. The molecule has 0 radical (unpaired) electrons. The zero-order chi connectivity index (χ0) is 24.7. The number of carboxylic acids is 1. The van der Waals surface area contributed by atoms with Crippen LogP contribution >= 0.6 is 0 Å². The number of rotatable bonds is 7. The number of carboxylic acid groups (broad SMARTS) is 1. The van der Waals surface area contributed by atoms with Gasteiger partial charge in [-0.3, -0.25) is 4.79 Å². The summed E-state index contributed by atoms with van der Waals surface area (Å²) in [7, 11) is 1.62. The molecule has 0 bridgehead atoms. The van der Waals surface area contributed by atoms with Crippen LogP contribution in [0, 0.1) is 5.82 Å². The minimum Gasteiger partial charge on any atom is -0.497 e. The molecule has 2 aromatic carbocycles. The van der Waals surface area contributed by atoms with E-state index in [1.54, 1.807) is 7.11 Å². The first kappa shape index (κ1) is 23.0. The smallest absolute Gasteiger partial charge is 0.341 e. The van der Waals surface area contributed by atoms with Crippen LogP contribution in [0.2, 0.25) is 0 Å². The number of nitrogens with two attached hydrogens (primary N) is 1. The molecule has 5 rings (SSSR count). The van der Waals surface area contributed by atoms with Crippen LogP contribution in [-0.4, -0.2) is 35.9 Å². The lowest BCUT2D eigenvalue weighted by atomic mass is 9.93. The first-order valence-electron chi connectivity index (χ1n) is 11.8. The molecular weight excluding hydrogens is 453 g/mol. The van der Waals surface area contributed by atoms with Crippen LogP contribution < -0.4 is 26.0 Å². The minimum absolute atomic E-state index is 0.105. The van der Waals surface area contributed by atoms with Crippen molar-refractivity contribution in [3.05, 3.63) is 57.6 Å². The van der Waals surface area contributed by atoms with Gasteiger partial charge in [0.15, 0.2) is 11.6 Å². The van der Waals surface area contributed by atoms with Crippen molar-refractivity contribution in [2.75, 3.05) is 31.3 Å². The van der Waals surface area contributed by atoms with Crippen molar-refractivity contribution in [3.63, 3.8) is 0 Å². The second-order valence-corrected chi connectivity index (χ2v) is 9.30. The first-order chi connectivity index (χ1) is 16.9. The quantitative estimate of drug-likeness (QED) is 0.343. The van der Waals surface area contributed by atoms with E-state index in [1.807, 2.05) is 28.8 Å². The van der Waals surface area contributed by atoms with Gasteiger partial charge in [-0.2, -0.15) is 0 Å². The van der Waals surface area contributed by atoms with Gasteiger partial charge in [-0.05, 0) is 43.4 Å². The monoisotopic (exact) mass is 481 g/mol. The van der Waals surface area contributed by atoms with E-state index in [-0.39, 0.29) is 29.1 Å². The summed E-state index contributed by atoms with van der Waals surface area (Å²) in [4.78, 5) is 24.9. The summed E-state index contributed by atoms with van der Waals surface area (Å²) < 4.78 is 28.6.